The van der Waals surface area contributed by atoms with Crippen molar-refractivity contribution in [3.63, 3.8) is 0 Å². The molecule has 0 saturated heterocycles. The van der Waals surface area contributed by atoms with Gasteiger partial charge in [0.05, 0.1) is 12.1 Å². The third-order valence-electron chi connectivity index (χ3n) is 3.50. The SMILES string of the molecule is COCCn1c2ccc(OC(C)=O)cc2c2c(=O)oc(C)nc21. The van der Waals surface area contributed by atoms with E-state index in [2.05, 4.69) is 4.98 Å². The van der Waals surface area contributed by atoms with Crippen LogP contribution in [0.1, 0.15) is 12.8 Å². The maximum atomic E-state index is 12.3. The van der Waals surface area contributed by atoms with Gasteiger partial charge in [-0.2, -0.15) is 4.98 Å². The highest BCUT2D eigenvalue weighted by Gasteiger charge is 2.17. The van der Waals surface area contributed by atoms with Gasteiger partial charge >= 0.3 is 11.6 Å². The van der Waals surface area contributed by atoms with E-state index in [0.717, 1.165) is 5.52 Å². The number of hydrogen-bond acceptors (Lipinski definition) is 6. The highest BCUT2D eigenvalue weighted by atomic mass is 16.5. The van der Waals surface area contributed by atoms with Crippen molar-refractivity contribution in [1.82, 2.24) is 9.55 Å². The summed E-state index contributed by atoms with van der Waals surface area (Å²) in [5.41, 5.74) is 0.873. The van der Waals surface area contributed by atoms with Crippen LogP contribution in [0.4, 0.5) is 0 Å². The van der Waals surface area contributed by atoms with Crippen molar-refractivity contribution in [3.05, 3.63) is 34.5 Å². The van der Waals surface area contributed by atoms with Crippen molar-refractivity contribution in [1.29, 1.82) is 0 Å². The average Bonchev–Trinajstić information content (AvgIpc) is 2.77. The van der Waals surface area contributed by atoms with Gasteiger partial charge in [-0.15, -0.1) is 0 Å². The molecule has 0 aliphatic heterocycles. The Morgan fingerprint density at radius 3 is 2.87 bits per heavy atom. The summed E-state index contributed by atoms with van der Waals surface area (Å²) < 4.78 is 17.2. The highest BCUT2D eigenvalue weighted by molar-refractivity contribution is 6.06. The Morgan fingerprint density at radius 2 is 2.17 bits per heavy atom. The summed E-state index contributed by atoms with van der Waals surface area (Å²) in [6.07, 6.45) is 0. The Bertz CT molecular complexity index is 954. The van der Waals surface area contributed by atoms with Crippen LogP contribution in [0.3, 0.4) is 0 Å². The average molecular weight is 316 g/mol. The number of nitrogens with zero attached hydrogens (tertiary/aromatic N) is 2. The lowest BCUT2D eigenvalue weighted by Crippen LogP contribution is -2.07. The molecule has 0 unspecified atom stereocenters. The summed E-state index contributed by atoms with van der Waals surface area (Å²) in [6.45, 7) is 3.97. The van der Waals surface area contributed by atoms with Gasteiger partial charge in [0.25, 0.3) is 0 Å². The predicted molar refractivity (Wildman–Crippen MR) is 83.7 cm³/mol. The molecule has 2 heterocycles. The van der Waals surface area contributed by atoms with Gasteiger partial charge in [-0.1, -0.05) is 0 Å². The molecule has 0 fully saturated rings. The first-order valence-corrected chi connectivity index (χ1v) is 7.12. The van der Waals surface area contributed by atoms with Gasteiger partial charge in [-0.25, -0.2) is 4.79 Å². The fourth-order valence-electron chi connectivity index (χ4n) is 2.63. The number of ether oxygens (including phenoxy) is 2. The number of hydrogen-bond donors (Lipinski definition) is 0. The minimum Gasteiger partial charge on any atom is -0.427 e. The van der Waals surface area contributed by atoms with Crippen LogP contribution in [0, 0.1) is 6.92 Å². The molecule has 2 aromatic heterocycles. The van der Waals surface area contributed by atoms with Gasteiger partial charge < -0.3 is 18.5 Å². The van der Waals surface area contributed by atoms with Crippen LogP contribution < -0.4 is 10.4 Å². The number of carbonyl (C=O) groups is 1. The molecule has 3 aromatic rings. The molecular weight excluding hydrogens is 300 g/mol. The van der Waals surface area contributed by atoms with Gasteiger partial charge in [0.15, 0.2) is 11.5 Å². The summed E-state index contributed by atoms with van der Waals surface area (Å²) >= 11 is 0. The van der Waals surface area contributed by atoms with E-state index in [0.29, 0.717) is 41.2 Å². The molecule has 7 heteroatoms. The van der Waals surface area contributed by atoms with Crippen LogP contribution in [-0.2, 0) is 16.1 Å². The molecule has 0 atom stereocenters. The lowest BCUT2D eigenvalue weighted by atomic mass is 10.2. The van der Waals surface area contributed by atoms with Crippen LogP contribution in [-0.4, -0.2) is 29.2 Å². The molecule has 0 aliphatic rings. The Labute approximate surface area is 131 Å². The topological polar surface area (TPSA) is 83.6 Å². The third-order valence-corrected chi connectivity index (χ3v) is 3.50. The van der Waals surface area contributed by atoms with E-state index in [1.807, 2.05) is 4.57 Å². The summed E-state index contributed by atoms with van der Waals surface area (Å²) in [4.78, 5) is 27.8. The summed E-state index contributed by atoms with van der Waals surface area (Å²) in [7, 11) is 1.61. The number of aryl methyl sites for hydroxylation is 1. The Balaban J connectivity index is 2.34. The van der Waals surface area contributed by atoms with Crippen molar-refractivity contribution in [3.8, 4) is 5.75 Å². The molecule has 0 aliphatic carbocycles. The van der Waals surface area contributed by atoms with Crippen LogP contribution in [0.2, 0.25) is 0 Å². The number of benzene rings is 1. The van der Waals surface area contributed by atoms with Crippen LogP contribution in [0.25, 0.3) is 21.9 Å². The second-order valence-corrected chi connectivity index (χ2v) is 5.14. The minimum absolute atomic E-state index is 0.296. The molecule has 0 saturated carbocycles. The zero-order valence-corrected chi connectivity index (χ0v) is 13.1. The van der Waals surface area contributed by atoms with Gasteiger partial charge in [0.1, 0.15) is 11.1 Å². The molecule has 3 rings (SSSR count). The smallest absolute Gasteiger partial charge is 0.349 e. The number of carbonyl (C=O) groups excluding carboxylic acids is 1. The van der Waals surface area contributed by atoms with E-state index < -0.39 is 11.6 Å². The molecule has 23 heavy (non-hydrogen) atoms. The van der Waals surface area contributed by atoms with E-state index in [4.69, 9.17) is 13.9 Å². The number of esters is 1. The van der Waals surface area contributed by atoms with Crippen molar-refractivity contribution in [2.75, 3.05) is 13.7 Å². The van der Waals surface area contributed by atoms with Crippen LogP contribution in [0.15, 0.2) is 27.4 Å². The lowest BCUT2D eigenvalue weighted by molar-refractivity contribution is -0.131. The lowest BCUT2D eigenvalue weighted by Gasteiger charge is -2.06. The van der Waals surface area contributed by atoms with E-state index in [9.17, 15) is 9.59 Å². The molecular formula is C16H16N2O5. The van der Waals surface area contributed by atoms with Crippen LogP contribution >= 0.6 is 0 Å². The zero-order valence-electron chi connectivity index (χ0n) is 13.1. The molecule has 1 aromatic carbocycles. The first-order valence-electron chi connectivity index (χ1n) is 7.12. The molecule has 7 nitrogen and oxygen atoms in total. The highest BCUT2D eigenvalue weighted by Crippen LogP contribution is 2.29. The van der Waals surface area contributed by atoms with Gasteiger partial charge in [0, 0.05) is 32.9 Å². The molecule has 0 spiro atoms. The summed E-state index contributed by atoms with van der Waals surface area (Å²) in [5, 5.41) is 1.01. The molecule has 0 amide bonds. The van der Waals surface area contributed by atoms with Crippen molar-refractivity contribution >= 4 is 27.9 Å². The van der Waals surface area contributed by atoms with Crippen molar-refractivity contribution < 1.29 is 18.7 Å². The fraction of sp³-hybridized carbons (Fsp3) is 0.312. The van der Waals surface area contributed by atoms with E-state index in [1.165, 1.54) is 6.92 Å². The normalized spacial score (nSPS) is 11.3. The maximum absolute atomic E-state index is 12.3. The standard InChI is InChI=1S/C16H16N2O5/c1-9-17-15-14(16(20)22-9)12-8-11(23-10(2)19)4-5-13(12)18(15)6-7-21-3/h4-5,8H,6-7H2,1-3H3. The molecule has 0 radical (unpaired) electrons. The predicted octanol–water partition coefficient (Wildman–Crippen LogP) is 2.02. The Kier molecular flexibility index (Phi) is 3.87. The quantitative estimate of drug-likeness (QED) is 0.541. The second-order valence-electron chi connectivity index (χ2n) is 5.14. The van der Waals surface area contributed by atoms with E-state index in [-0.39, 0.29) is 0 Å². The van der Waals surface area contributed by atoms with Crippen molar-refractivity contribution in [2.24, 2.45) is 0 Å². The molecule has 0 bridgehead atoms. The Morgan fingerprint density at radius 1 is 1.39 bits per heavy atom. The van der Waals surface area contributed by atoms with E-state index in [1.54, 1.807) is 32.2 Å². The van der Waals surface area contributed by atoms with Crippen molar-refractivity contribution in [2.45, 2.75) is 20.4 Å². The van der Waals surface area contributed by atoms with Gasteiger partial charge in [-0.05, 0) is 18.2 Å². The first-order chi connectivity index (χ1) is 11.0. The molecule has 0 N–H and O–H groups in total. The molecule has 120 valence electrons. The number of fused-ring (bicyclic) bond motifs is 3. The second kappa shape index (κ2) is 5.85. The van der Waals surface area contributed by atoms with Crippen LogP contribution in [0.5, 0.6) is 5.75 Å². The summed E-state index contributed by atoms with van der Waals surface area (Å²) in [6, 6.07) is 5.12. The summed E-state index contributed by atoms with van der Waals surface area (Å²) in [5.74, 6) is 0.244. The zero-order chi connectivity index (χ0) is 16.6. The third kappa shape index (κ3) is 2.70. The van der Waals surface area contributed by atoms with Gasteiger partial charge in [0.2, 0.25) is 0 Å². The number of aromatic nitrogens is 2. The number of rotatable bonds is 4. The van der Waals surface area contributed by atoms with E-state index >= 15 is 0 Å². The first kappa shape index (κ1) is 15.2. The minimum atomic E-state index is -0.464. The Hall–Kier alpha value is -2.67. The fourth-order valence-corrected chi connectivity index (χ4v) is 2.63. The maximum Gasteiger partial charge on any atom is 0.349 e. The van der Waals surface area contributed by atoms with Gasteiger partial charge in [-0.3, -0.25) is 4.79 Å². The largest absolute Gasteiger partial charge is 0.427 e. The number of methoxy groups -OCH3 is 1. The monoisotopic (exact) mass is 316 g/mol.